The van der Waals surface area contributed by atoms with E-state index in [0.717, 1.165) is 57.8 Å². The molecule has 0 saturated heterocycles. The van der Waals surface area contributed by atoms with E-state index in [0.29, 0.717) is 25.7 Å². The van der Waals surface area contributed by atoms with Crippen LogP contribution in [-0.4, -0.2) is 76.9 Å². The summed E-state index contributed by atoms with van der Waals surface area (Å²) in [4.78, 5) is 34.9. The lowest BCUT2D eigenvalue weighted by atomic mass is 10.1. The minimum atomic E-state index is -4.65. The van der Waals surface area contributed by atoms with Gasteiger partial charge in [0, 0.05) is 12.8 Å². The molecule has 2 unspecified atom stereocenters. The molecule has 12 heteroatoms. The smallest absolute Gasteiger partial charge is 0.462 e. The first-order valence-electron chi connectivity index (χ1n) is 20.7. The van der Waals surface area contributed by atoms with Gasteiger partial charge in [0.25, 0.3) is 0 Å². The first-order valence-corrected chi connectivity index (χ1v) is 22.1. The number of hydrogen-bond donors (Lipinski definition) is 4. The molecule has 0 aromatic rings. The molecule has 4 atom stereocenters. The average Bonchev–Trinajstić information content (AvgIpc) is 3.18. The van der Waals surface area contributed by atoms with Crippen molar-refractivity contribution in [3.63, 3.8) is 0 Å². The zero-order valence-electron chi connectivity index (χ0n) is 34.2. The van der Waals surface area contributed by atoms with Crippen molar-refractivity contribution in [1.82, 2.24) is 0 Å². The summed E-state index contributed by atoms with van der Waals surface area (Å²) < 4.78 is 32.5. The molecular formula is C44H73O11P. The van der Waals surface area contributed by atoms with Gasteiger partial charge in [0.05, 0.1) is 25.9 Å². The third-order valence-electron chi connectivity index (χ3n) is 8.13. The number of phosphoric ester groups is 1. The molecule has 0 aliphatic carbocycles. The molecular weight excluding hydrogens is 735 g/mol. The summed E-state index contributed by atoms with van der Waals surface area (Å²) in [6, 6.07) is 0. The Morgan fingerprint density at radius 3 is 1.88 bits per heavy atom. The van der Waals surface area contributed by atoms with E-state index in [2.05, 4.69) is 48.8 Å². The number of carbonyl (C=O) groups is 2. The van der Waals surface area contributed by atoms with Gasteiger partial charge in [-0.3, -0.25) is 18.6 Å². The van der Waals surface area contributed by atoms with Gasteiger partial charge in [0.1, 0.15) is 12.7 Å². The molecule has 11 nitrogen and oxygen atoms in total. The third kappa shape index (κ3) is 38.0. The highest BCUT2D eigenvalue weighted by atomic mass is 31.2. The number of allylic oxidation sites excluding steroid dienone is 12. The van der Waals surface area contributed by atoms with Crippen molar-refractivity contribution >= 4 is 19.8 Å². The van der Waals surface area contributed by atoms with Crippen molar-refractivity contribution < 1.29 is 52.9 Å². The van der Waals surface area contributed by atoms with Crippen LogP contribution < -0.4 is 0 Å². The zero-order chi connectivity index (χ0) is 41.4. The van der Waals surface area contributed by atoms with Crippen molar-refractivity contribution in [3.8, 4) is 0 Å². The zero-order valence-corrected chi connectivity index (χ0v) is 35.1. The number of esters is 2. The maximum atomic E-state index is 12.6. The second kappa shape index (κ2) is 39.0. The van der Waals surface area contributed by atoms with E-state index in [1.165, 1.54) is 25.7 Å². The van der Waals surface area contributed by atoms with E-state index in [4.69, 9.17) is 19.1 Å². The number of ether oxygens (including phenoxy) is 2. The van der Waals surface area contributed by atoms with Gasteiger partial charge in [0.2, 0.25) is 0 Å². The number of aliphatic hydroxyl groups is 3. The predicted molar refractivity (Wildman–Crippen MR) is 225 cm³/mol. The minimum Gasteiger partial charge on any atom is -0.462 e. The normalized spacial score (nSPS) is 15.3. The average molecular weight is 809 g/mol. The van der Waals surface area contributed by atoms with Crippen LogP contribution in [0.2, 0.25) is 0 Å². The van der Waals surface area contributed by atoms with Gasteiger partial charge in [0.15, 0.2) is 6.10 Å². The summed E-state index contributed by atoms with van der Waals surface area (Å²) in [5.41, 5.74) is 0. The second-order valence-corrected chi connectivity index (χ2v) is 14.9. The van der Waals surface area contributed by atoms with Crippen LogP contribution in [0.1, 0.15) is 136 Å². The predicted octanol–water partition coefficient (Wildman–Crippen LogP) is 9.63. The first-order chi connectivity index (χ1) is 27.1. The van der Waals surface area contributed by atoms with Crippen molar-refractivity contribution in [2.75, 3.05) is 26.4 Å². The fourth-order valence-electron chi connectivity index (χ4n) is 4.92. The Kier molecular flexibility index (Phi) is 36.9. The highest BCUT2D eigenvalue weighted by molar-refractivity contribution is 7.47. The van der Waals surface area contributed by atoms with E-state index in [-0.39, 0.29) is 19.4 Å². The molecule has 4 N–H and O–H groups in total. The van der Waals surface area contributed by atoms with Gasteiger partial charge in [-0.15, -0.1) is 0 Å². The summed E-state index contributed by atoms with van der Waals surface area (Å²) in [5.74, 6) is -1.06. The van der Waals surface area contributed by atoms with Crippen LogP contribution in [0.4, 0.5) is 0 Å². The molecule has 0 aliphatic rings. The fraction of sp³-hybridized carbons (Fsp3) is 0.636. The molecule has 56 heavy (non-hydrogen) atoms. The Labute approximate surface area is 337 Å². The lowest BCUT2D eigenvalue weighted by Gasteiger charge is -2.20. The van der Waals surface area contributed by atoms with Crippen molar-refractivity contribution in [2.45, 2.75) is 154 Å². The van der Waals surface area contributed by atoms with Gasteiger partial charge in [-0.2, -0.15) is 0 Å². The summed E-state index contributed by atoms with van der Waals surface area (Å²) in [7, 11) is -4.65. The molecule has 0 radical (unpaired) electrons. The molecule has 0 amide bonds. The lowest BCUT2D eigenvalue weighted by molar-refractivity contribution is -0.161. The number of aliphatic hydroxyl groups excluding tert-OH is 3. The topological polar surface area (TPSA) is 169 Å². The maximum Gasteiger partial charge on any atom is 0.472 e. The largest absolute Gasteiger partial charge is 0.472 e. The van der Waals surface area contributed by atoms with E-state index in [1.807, 2.05) is 48.6 Å². The summed E-state index contributed by atoms with van der Waals surface area (Å²) in [6.45, 7) is 2.02. The summed E-state index contributed by atoms with van der Waals surface area (Å²) in [5, 5.41) is 28.1. The molecule has 0 fully saturated rings. The molecule has 0 heterocycles. The van der Waals surface area contributed by atoms with Crippen LogP contribution in [-0.2, 0) is 32.7 Å². The van der Waals surface area contributed by atoms with Gasteiger partial charge in [-0.1, -0.05) is 137 Å². The van der Waals surface area contributed by atoms with Crippen molar-refractivity contribution in [2.24, 2.45) is 0 Å². The standard InChI is InChI=1S/C44H73O11P/c1-3-5-7-8-9-10-11-13-17-20-23-26-30-34-43(48)52-38-42(39-54-56(50,51)53-37-41(47)36-45)55-44(49)35-31-27-24-21-18-15-12-14-16-19-22-25-29-33-40(46)32-28-6-4-2/h6,10-11,14-16,18,22,24-25,27-29,33,40-42,45-47H,3-5,7-9,12-13,17,19-21,23,26,30-32,34-39H2,1-2H3,(H,50,51)/b11-10-,16-14-,18-15-,25-22+,27-24-,28-6-,33-29+/t40?,41-,42+/m0/s1. The van der Waals surface area contributed by atoms with E-state index >= 15 is 0 Å². The van der Waals surface area contributed by atoms with Crippen LogP contribution >= 0.6 is 7.82 Å². The van der Waals surface area contributed by atoms with Gasteiger partial charge in [-0.05, 0) is 70.6 Å². The SMILES string of the molecule is CC/C=C\CC(O)/C=C/C=C/C/C=C\C/C=C\C/C=C\CCC(=O)O[C@H](COC(=O)CCCCCCC/C=C\CCCCCC)COP(=O)(O)OC[C@@H](O)CO. The molecule has 0 saturated carbocycles. The van der Waals surface area contributed by atoms with Crippen LogP contribution in [0.5, 0.6) is 0 Å². The number of hydrogen-bond acceptors (Lipinski definition) is 10. The van der Waals surface area contributed by atoms with Crippen LogP contribution in [0.3, 0.4) is 0 Å². The highest BCUT2D eigenvalue weighted by Gasteiger charge is 2.27. The molecule has 0 aromatic heterocycles. The Balaban J connectivity index is 4.53. The van der Waals surface area contributed by atoms with Crippen LogP contribution in [0.25, 0.3) is 0 Å². The fourth-order valence-corrected chi connectivity index (χ4v) is 5.71. The monoisotopic (exact) mass is 808 g/mol. The van der Waals surface area contributed by atoms with Crippen LogP contribution in [0, 0.1) is 0 Å². The minimum absolute atomic E-state index is 0.0374. The maximum absolute atomic E-state index is 12.6. The molecule has 0 aliphatic heterocycles. The molecule has 0 rings (SSSR count). The number of unbranched alkanes of at least 4 members (excludes halogenated alkanes) is 9. The Morgan fingerprint density at radius 1 is 0.625 bits per heavy atom. The Bertz CT molecular complexity index is 1220. The highest BCUT2D eigenvalue weighted by Crippen LogP contribution is 2.43. The Hall–Kier alpha value is -2.89. The summed E-state index contributed by atoms with van der Waals surface area (Å²) in [6.07, 6.45) is 41.8. The molecule has 0 aromatic carbocycles. The van der Waals surface area contributed by atoms with Gasteiger partial charge in [-0.25, -0.2) is 4.57 Å². The van der Waals surface area contributed by atoms with Crippen LogP contribution in [0.15, 0.2) is 85.1 Å². The van der Waals surface area contributed by atoms with E-state index in [9.17, 15) is 29.3 Å². The quantitative estimate of drug-likeness (QED) is 0.0155. The van der Waals surface area contributed by atoms with Crippen molar-refractivity contribution in [3.05, 3.63) is 85.1 Å². The van der Waals surface area contributed by atoms with Gasteiger partial charge < -0.3 is 29.7 Å². The van der Waals surface area contributed by atoms with Crippen molar-refractivity contribution in [1.29, 1.82) is 0 Å². The Morgan fingerprint density at radius 2 is 1.21 bits per heavy atom. The lowest BCUT2D eigenvalue weighted by Crippen LogP contribution is -2.29. The second-order valence-electron chi connectivity index (χ2n) is 13.5. The molecule has 0 bridgehead atoms. The molecule has 0 spiro atoms. The van der Waals surface area contributed by atoms with E-state index in [1.54, 1.807) is 6.08 Å². The number of phosphoric acid groups is 1. The first kappa shape index (κ1) is 53.1. The number of carbonyl (C=O) groups excluding carboxylic acids is 2. The van der Waals surface area contributed by atoms with Gasteiger partial charge >= 0.3 is 19.8 Å². The number of rotatable bonds is 37. The van der Waals surface area contributed by atoms with E-state index < -0.39 is 57.9 Å². The third-order valence-corrected chi connectivity index (χ3v) is 9.08. The molecule has 320 valence electrons. The summed E-state index contributed by atoms with van der Waals surface area (Å²) >= 11 is 0.